The van der Waals surface area contributed by atoms with E-state index in [0.29, 0.717) is 18.7 Å². The van der Waals surface area contributed by atoms with E-state index >= 15 is 0 Å². The fourth-order valence-corrected chi connectivity index (χ4v) is 4.37. The lowest BCUT2D eigenvalue weighted by molar-refractivity contribution is -0.119. The summed E-state index contributed by atoms with van der Waals surface area (Å²) in [5, 5.41) is 8.51. The minimum absolute atomic E-state index is 0.0713. The maximum absolute atomic E-state index is 12.1. The van der Waals surface area contributed by atoms with E-state index in [1.807, 2.05) is 6.07 Å². The molecule has 0 bridgehead atoms. The first kappa shape index (κ1) is 15.5. The first-order valence-electron chi connectivity index (χ1n) is 7.28. The molecule has 0 saturated carbocycles. The van der Waals surface area contributed by atoms with E-state index in [2.05, 4.69) is 16.0 Å². The third-order valence-electron chi connectivity index (χ3n) is 3.80. The predicted molar refractivity (Wildman–Crippen MR) is 86.5 cm³/mol. The van der Waals surface area contributed by atoms with Gasteiger partial charge in [0, 0.05) is 23.1 Å². The number of sulfone groups is 1. The molecule has 7 nitrogen and oxygen atoms in total. The van der Waals surface area contributed by atoms with E-state index in [1.165, 1.54) is 6.08 Å². The van der Waals surface area contributed by atoms with Gasteiger partial charge in [0.2, 0.25) is 11.8 Å². The Labute approximate surface area is 134 Å². The smallest absolute Gasteiger partial charge is 0.246 e. The molecule has 2 heterocycles. The number of benzene rings is 1. The molecule has 3 N–H and O–H groups in total. The summed E-state index contributed by atoms with van der Waals surface area (Å²) >= 11 is 0. The summed E-state index contributed by atoms with van der Waals surface area (Å²) in [6.07, 6.45) is 1.85. The van der Waals surface area contributed by atoms with Gasteiger partial charge in [0.15, 0.2) is 9.84 Å². The molecule has 0 spiro atoms. The van der Waals surface area contributed by atoms with Crippen LogP contribution in [0.25, 0.3) is 0 Å². The van der Waals surface area contributed by atoms with Crippen LogP contribution >= 0.6 is 0 Å². The summed E-state index contributed by atoms with van der Waals surface area (Å²) in [4.78, 5) is 23.3. The zero-order valence-electron chi connectivity index (χ0n) is 12.3. The third kappa shape index (κ3) is 3.89. The molecule has 8 heteroatoms. The highest BCUT2D eigenvalue weighted by atomic mass is 32.2. The molecule has 2 amide bonds. The van der Waals surface area contributed by atoms with Crippen molar-refractivity contribution in [3.8, 4) is 0 Å². The molecule has 0 aromatic heterocycles. The van der Waals surface area contributed by atoms with Gasteiger partial charge < -0.3 is 16.0 Å². The number of hydrogen-bond acceptors (Lipinski definition) is 5. The van der Waals surface area contributed by atoms with Crippen LogP contribution in [0.15, 0.2) is 36.0 Å². The summed E-state index contributed by atoms with van der Waals surface area (Å²) < 4.78 is 22.9. The number of rotatable bonds is 4. The van der Waals surface area contributed by atoms with Gasteiger partial charge in [-0.05, 0) is 24.6 Å². The normalized spacial score (nSPS) is 22.3. The average Bonchev–Trinajstić information content (AvgIpc) is 3.05. The summed E-state index contributed by atoms with van der Waals surface area (Å²) in [7, 11) is -3.08. The van der Waals surface area contributed by atoms with Gasteiger partial charge in [0.25, 0.3) is 0 Å². The molecule has 0 aliphatic carbocycles. The van der Waals surface area contributed by atoms with Crippen molar-refractivity contribution in [3.05, 3.63) is 36.0 Å². The monoisotopic (exact) mass is 335 g/mol. The van der Waals surface area contributed by atoms with Crippen molar-refractivity contribution in [2.24, 2.45) is 5.92 Å². The van der Waals surface area contributed by atoms with E-state index in [4.69, 9.17) is 0 Å². The van der Waals surface area contributed by atoms with Crippen LogP contribution in [-0.4, -0.2) is 38.3 Å². The molecule has 2 aliphatic rings. The number of anilines is 2. The molecule has 1 aromatic rings. The Hall–Kier alpha value is -2.35. The molecule has 3 rings (SSSR count). The fourth-order valence-electron chi connectivity index (χ4n) is 2.63. The van der Waals surface area contributed by atoms with Crippen LogP contribution in [-0.2, 0) is 19.4 Å². The lowest BCUT2D eigenvalue weighted by atomic mass is 10.1. The molecule has 122 valence electrons. The molecule has 0 unspecified atom stereocenters. The van der Waals surface area contributed by atoms with E-state index < -0.39 is 15.8 Å². The SMILES string of the molecule is O=C1C=C(Nc2cccc(NC(=O)[C@@H]3CCS(=O)(=O)C3)c2)CN1. The second-order valence-electron chi connectivity index (χ2n) is 5.68. The van der Waals surface area contributed by atoms with Crippen molar-refractivity contribution in [1.82, 2.24) is 5.32 Å². The van der Waals surface area contributed by atoms with Gasteiger partial charge in [-0.15, -0.1) is 0 Å². The maximum atomic E-state index is 12.1. The Kier molecular flexibility index (Phi) is 4.08. The minimum atomic E-state index is -3.08. The van der Waals surface area contributed by atoms with E-state index in [9.17, 15) is 18.0 Å². The lowest BCUT2D eigenvalue weighted by Crippen LogP contribution is -2.23. The number of carbonyl (C=O) groups excluding carboxylic acids is 2. The summed E-state index contributed by atoms with van der Waals surface area (Å²) in [6.45, 7) is 0.440. The molecular weight excluding hydrogens is 318 g/mol. The van der Waals surface area contributed by atoms with Gasteiger partial charge in [-0.2, -0.15) is 0 Å². The second kappa shape index (κ2) is 6.04. The molecule has 1 atom stereocenters. The Bertz CT molecular complexity index is 786. The molecular formula is C15H17N3O4S. The second-order valence-corrected chi connectivity index (χ2v) is 7.91. The summed E-state index contributed by atoms with van der Waals surface area (Å²) in [5.41, 5.74) is 2.08. The van der Waals surface area contributed by atoms with Gasteiger partial charge in [-0.1, -0.05) is 6.07 Å². The Morgan fingerprint density at radius 1 is 1.26 bits per heavy atom. The van der Waals surface area contributed by atoms with Gasteiger partial charge in [0.1, 0.15) is 0 Å². The van der Waals surface area contributed by atoms with Crippen LogP contribution < -0.4 is 16.0 Å². The first-order chi connectivity index (χ1) is 10.9. The van der Waals surface area contributed by atoms with Crippen LogP contribution in [0.4, 0.5) is 11.4 Å². The van der Waals surface area contributed by atoms with Gasteiger partial charge in [-0.3, -0.25) is 9.59 Å². The van der Waals surface area contributed by atoms with Crippen molar-refractivity contribution < 1.29 is 18.0 Å². The quantitative estimate of drug-likeness (QED) is 0.743. The summed E-state index contributed by atoms with van der Waals surface area (Å²) in [5.74, 6) is -0.921. The van der Waals surface area contributed by atoms with Crippen molar-refractivity contribution in [2.75, 3.05) is 28.7 Å². The number of nitrogens with one attached hydrogen (secondary N) is 3. The van der Waals surface area contributed by atoms with Crippen molar-refractivity contribution in [3.63, 3.8) is 0 Å². The van der Waals surface area contributed by atoms with E-state index in [1.54, 1.807) is 18.2 Å². The average molecular weight is 335 g/mol. The minimum Gasteiger partial charge on any atom is -0.357 e. The molecule has 1 saturated heterocycles. The fraction of sp³-hybridized carbons (Fsp3) is 0.333. The standard InChI is InChI=1S/C15H17N3O4S/c19-14-7-13(8-16-14)17-11-2-1-3-12(6-11)18-15(20)10-4-5-23(21,22)9-10/h1-3,6-7,10,17H,4-5,8-9H2,(H,16,19)(H,18,20)/t10-/m1/s1. The van der Waals surface area contributed by atoms with E-state index in [-0.39, 0.29) is 23.3 Å². The highest BCUT2D eigenvalue weighted by molar-refractivity contribution is 7.91. The van der Waals surface area contributed by atoms with Gasteiger partial charge in [-0.25, -0.2) is 8.42 Å². The largest absolute Gasteiger partial charge is 0.357 e. The topological polar surface area (TPSA) is 104 Å². The van der Waals surface area contributed by atoms with Crippen LogP contribution in [0.3, 0.4) is 0 Å². The van der Waals surface area contributed by atoms with Crippen LogP contribution in [0.2, 0.25) is 0 Å². The highest BCUT2D eigenvalue weighted by Gasteiger charge is 2.32. The van der Waals surface area contributed by atoms with Crippen LogP contribution in [0.1, 0.15) is 6.42 Å². The number of amides is 2. The predicted octanol–water partition coefficient (Wildman–Crippen LogP) is 0.485. The van der Waals surface area contributed by atoms with Crippen molar-refractivity contribution in [2.45, 2.75) is 6.42 Å². The summed E-state index contributed by atoms with van der Waals surface area (Å²) in [6, 6.07) is 7.07. The van der Waals surface area contributed by atoms with E-state index in [0.717, 1.165) is 11.4 Å². The molecule has 23 heavy (non-hydrogen) atoms. The number of carbonyl (C=O) groups is 2. The van der Waals surface area contributed by atoms with Crippen molar-refractivity contribution in [1.29, 1.82) is 0 Å². The highest BCUT2D eigenvalue weighted by Crippen LogP contribution is 2.22. The molecule has 0 radical (unpaired) electrons. The Balaban J connectivity index is 1.65. The Morgan fingerprint density at radius 3 is 2.70 bits per heavy atom. The van der Waals surface area contributed by atoms with Crippen molar-refractivity contribution >= 4 is 33.0 Å². The van der Waals surface area contributed by atoms with Crippen LogP contribution in [0.5, 0.6) is 0 Å². The molecule has 1 aromatic carbocycles. The van der Waals surface area contributed by atoms with Crippen LogP contribution in [0, 0.1) is 5.92 Å². The zero-order chi connectivity index (χ0) is 16.4. The zero-order valence-corrected chi connectivity index (χ0v) is 13.2. The number of hydrogen-bond donors (Lipinski definition) is 3. The first-order valence-corrected chi connectivity index (χ1v) is 9.10. The third-order valence-corrected chi connectivity index (χ3v) is 5.56. The molecule has 1 fully saturated rings. The maximum Gasteiger partial charge on any atom is 0.246 e. The Morgan fingerprint density at radius 2 is 2.04 bits per heavy atom. The van der Waals surface area contributed by atoms with Gasteiger partial charge in [0.05, 0.1) is 24.0 Å². The lowest BCUT2D eigenvalue weighted by Gasteiger charge is -2.12. The van der Waals surface area contributed by atoms with Gasteiger partial charge >= 0.3 is 0 Å². The molecule has 2 aliphatic heterocycles.